The topological polar surface area (TPSA) is 89.8 Å². The van der Waals surface area contributed by atoms with Gasteiger partial charge in [-0.1, -0.05) is 42.5 Å². The van der Waals surface area contributed by atoms with Crippen LogP contribution >= 0.6 is 0 Å². The van der Waals surface area contributed by atoms with E-state index in [1.807, 2.05) is 13.0 Å². The van der Waals surface area contributed by atoms with Crippen LogP contribution in [0.4, 0.5) is 11.5 Å². The fourth-order valence-electron chi connectivity index (χ4n) is 6.57. The van der Waals surface area contributed by atoms with Gasteiger partial charge in [0.2, 0.25) is 0 Å². The van der Waals surface area contributed by atoms with Crippen molar-refractivity contribution in [3.63, 3.8) is 0 Å². The number of nitrogens with one attached hydrogen (secondary N) is 1. The summed E-state index contributed by atoms with van der Waals surface area (Å²) in [5.41, 5.74) is 2.60. The maximum absolute atomic E-state index is 9.58. The molecular formula is C34H43N7O2. The van der Waals surface area contributed by atoms with Crippen LogP contribution in [0.1, 0.15) is 45.4 Å². The van der Waals surface area contributed by atoms with Crippen molar-refractivity contribution in [1.82, 2.24) is 20.2 Å². The van der Waals surface area contributed by atoms with Crippen molar-refractivity contribution in [2.75, 3.05) is 55.7 Å². The van der Waals surface area contributed by atoms with Gasteiger partial charge in [0.05, 0.1) is 37.4 Å². The Bertz CT molecular complexity index is 1530. The van der Waals surface area contributed by atoms with Gasteiger partial charge in [0.15, 0.2) is 0 Å². The van der Waals surface area contributed by atoms with Crippen LogP contribution in [0.15, 0.2) is 54.7 Å². The predicted octanol–water partition coefficient (Wildman–Crippen LogP) is 4.67. The first kappa shape index (κ1) is 29.2. The maximum atomic E-state index is 9.58. The highest BCUT2D eigenvalue weighted by Crippen LogP contribution is 2.35. The second kappa shape index (κ2) is 12.0. The third-order valence-electron chi connectivity index (χ3n) is 9.51. The molecule has 6 rings (SSSR count). The molecule has 2 unspecified atom stereocenters. The Morgan fingerprint density at radius 3 is 2.74 bits per heavy atom. The first-order valence-corrected chi connectivity index (χ1v) is 15.5. The van der Waals surface area contributed by atoms with Crippen LogP contribution in [0.25, 0.3) is 10.8 Å². The molecule has 2 saturated heterocycles. The van der Waals surface area contributed by atoms with Gasteiger partial charge in [-0.15, -0.1) is 0 Å². The van der Waals surface area contributed by atoms with Crippen LogP contribution < -0.4 is 19.9 Å². The van der Waals surface area contributed by atoms with Crippen molar-refractivity contribution in [2.24, 2.45) is 0 Å². The number of hydrogen-bond donors (Lipinski definition) is 1. The van der Waals surface area contributed by atoms with E-state index < -0.39 is 5.60 Å². The summed E-state index contributed by atoms with van der Waals surface area (Å²) in [6.45, 7) is 14.1. The molecule has 4 heterocycles. The van der Waals surface area contributed by atoms with E-state index in [2.05, 4.69) is 95.5 Å². The summed E-state index contributed by atoms with van der Waals surface area (Å²) in [6, 6.07) is 17.9. The Balaban J connectivity index is 1.34. The number of nitriles is 1. The molecule has 2 aromatic carbocycles. The molecule has 0 bridgehead atoms. The number of rotatable bonds is 7. The molecule has 2 atom stereocenters. The van der Waals surface area contributed by atoms with Gasteiger partial charge in [-0.05, 0) is 51.8 Å². The van der Waals surface area contributed by atoms with Crippen molar-refractivity contribution >= 4 is 22.3 Å². The zero-order valence-corrected chi connectivity index (χ0v) is 25.8. The van der Waals surface area contributed by atoms with E-state index in [0.717, 1.165) is 50.7 Å². The van der Waals surface area contributed by atoms with Crippen LogP contribution in [0, 0.1) is 11.3 Å². The van der Waals surface area contributed by atoms with Crippen molar-refractivity contribution in [2.45, 2.75) is 64.3 Å². The van der Waals surface area contributed by atoms with Crippen LogP contribution in [0.3, 0.4) is 0 Å². The Hall–Kier alpha value is -3.87. The first-order chi connectivity index (χ1) is 20.8. The fourth-order valence-corrected chi connectivity index (χ4v) is 6.57. The standard InChI is InChI=1S/C34H43N7O2/c1-5-17-39-19-20-41(22-26(39)13-15-35)31-28-14-18-40(30-12-8-10-25-9-6-7-11-27(25)30)23-29(28)37-32(38-31)42-24-34(4)33(2,3)36-16-21-43-34/h5-12,17,26,36H,13-14,16,18-24H2,1-4H3. The van der Waals surface area contributed by atoms with E-state index in [0.29, 0.717) is 32.2 Å². The van der Waals surface area contributed by atoms with E-state index in [4.69, 9.17) is 19.4 Å². The number of hydrogen-bond acceptors (Lipinski definition) is 9. The van der Waals surface area contributed by atoms with Gasteiger partial charge < -0.3 is 29.5 Å². The largest absolute Gasteiger partial charge is 0.460 e. The first-order valence-electron chi connectivity index (χ1n) is 15.5. The molecule has 43 heavy (non-hydrogen) atoms. The van der Waals surface area contributed by atoms with Crippen LogP contribution in [0.2, 0.25) is 0 Å². The van der Waals surface area contributed by atoms with E-state index in [9.17, 15) is 5.26 Å². The van der Waals surface area contributed by atoms with Gasteiger partial charge in [0, 0.05) is 54.9 Å². The number of fused-ring (bicyclic) bond motifs is 2. The average Bonchev–Trinajstić information content (AvgIpc) is 3.01. The molecule has 0 saturated carbocycles. The number of nitrogens with zero attached hydrogens (tertiary/aromatic N) is 6. The predicted molar refractivity (Wildman–Crippen MR) is 170 cm³/mol. The Morgan fingerprint density at radius 1 is 1.09 bits per heavy atom. The minimum atomic E-state index is -0.532. The highest BCUT2D eigenvalue weighted by molar-refractivity contribution is 5.94. The molecule has 1 aromatic heterocycles. The summed E-state index contributed by atoms with van der Waals surface area (Å²) < 4.78 is 12.7. The van der Waals surface area contributed by atoms with Crippen LogP contribution in [-0.4, -0.2) is 78.0 Å². The van der Waals surface area contributed by atoms with E-state index >= 15 is 0 Å². The summed E-state index contributed by atoms with van der Waals surface area (Å²) in [7, 11) is 0. The van der Waals surface area contributed by atoms with Gasteiger partial charge in [0.25, 0.3) is 0 Å². The Labute approximate surface area is 255 Å². The lowest BCUT2D eigenvalue weighted by Gasteiger charge is -2.47. The lowest BCUT2D eigenvalue weighted by Crippen LogP contribution is -2.66. The summed E-state index contributed by atoms with van der Waals surface area (Å²) in [5.74, 6) is 0.938. The number of anilines is 2. The third-order valence-corrected chi connectivity index (χ3v) is 9.51. The molecule has 1 N–H and O–H groups in total. The van der Waals surface area contributed by atoms with Gasteiger partial charge in [-0.3, -0.25) is 0 Å². The normalized spacial score (nSPS) is 23.8. The molecule has 3 aliphatic rings. The molecule has 9 heteroatoms. The van der Waals surface area contributed by atoms with Crippen LogP contribution in [0.5, 0.6) is 6.01 Å². The smallest absolute Gasteiger partial charge is 0.318 e. The van der Waals surface area contributed by atoms with Gasteiger partial charge >= 0.3 is 6.01 Å². The van der Waals surface area contributed by atoms with Crippen LogP contribution in [-0.2, 0) is 17.7 Å². The molecule has 3 aliphatic heterocycles. The third kappa shape index (κ3) is 5.74. The molecule has 0 amide bonds. The second-order valence-corrected chi connectivity index (χ2v) is 12.5. The Morgan fingerprint density at radius 2 is 1.93 bits per heavy atom. The minimum absolute atomic E-state index is 0.0992. The highest BCUT2D eigenvalue weighted by Gasteiger charge is 2.45. The molecule has 9 nitrogen and oxygen atoms in total. The van der Waals surface area contributed by atoms with Crippen molar-refractivity contribution in [1.29, 1.82) is 5.26 Å². The second-order valence-electron chi connectivity index (χ2n) is 12.5. The SMILES string of the molecule is CC=CN1CCN(c2nc(OCC3(C)OCCNC3(C)C)nc3c2CCN(c2cccc4ccccc24)C3)CC1CC#N. The monoisotopic (exact) mass is 581 g/mol. The molecule has 226 valence electrons. The highest BCUT2D eigenvalue weighted by atomic mass is 16.6. The van der Waals surface area contributed by atoms with E-state index in [1.165, 1.54) is 22.0 Å². The molecule has 0 aliphatic carbocycles. The molecule has 3 aromatic rings. The zero-order valence-electron chi connectivity index (χ0n) is 25.8. The quantitative estimate of drug-likeness (QED) is 0.428. The molecule has 0 radical (unpaired) electrons. The number of piperazine rings is 1. The number of allylic oxidation sites excluding steroid dienone is 1. The van der Waals surface area contributed by atoms with Gasteiger partial charge in [-0.2, -0.15) is 15.2 Å². The summed E-state index contributed by atoms with van der Waals surface area (Å²) in [6.07, 6.45) is 5.45. The molecule has 2 fully saturated rings. The van der Waals surface area contributed by atoms with E-state index in [1.54, 1.807) is 0 Å². The number of aromatic nitrogens is 2. The van der Waals surface area contributed by atoms with Crippen molar-refractivity contribution < 1.29 is 9.47 Å². The van der Waals surface area contributed by atoms with Gasteiger partial charge in [-0.25, -0.2) is 0 Å². The fraction of sp³-hybridized carbons (Fsp3) is 0.500. The minimum Gasteiger partial charge on any atom is -0.460 e. The number of ether oxygens (including phenoxy) is 2. The molecular weight excluding hydrogens is 538 g/mol. The zero-order chi connectivity index (χ0) is 30.0. The lowest BCUT2D eigenvalue weighted by molar-refractivity contribution is -0.136. The lowest BCUT2D eigenvalue weighted by atomic mass is 9.83. The maximum Gasteiger partial charge on any atom is 0.318 e. The summed E-state index contributed by atoms with van der Waals surface area (Å²) >= 11 is 0. The van der Waals surface area contributed by atoms with Crippen molar-refractivity contribution in [3.8, 4) is 12.1 Å². The summed E-state index contributed by atoms with van der Waals surface area (Å²) in [4.78, 5) is 17.1. The van der Waals surface area contributed by atoms with Gasteiger partial charge in [0.1, 0.15) is 18.0 Å². The van der Waals surface area contributed by atoms with E-state index in [-0.39, 0.29) is 11.6 Å². The number of benzene rings is 2. The van der Waals surface area contributed by atoms with Crippen molar-refractivity contribution in [3.05, 3.63) is 66.0 Å². The number of morpholine rings is 1. The average molecular weight is 582 g/mol. The summed E-state index contributed by atoms with van der Waals surface area (Å²) in [5, 5.41) is 15.6. The Kier molecular flexibility index (Phi) is 8.17. The molecule has 0 spiro atoms.